The topological polar surface area (TPSA) is 42.2 Å². The maximum atomic E-state index is 4.42. The predicted molar refractivity (Wildman–Crippen MR) is 82.0 cm³/mol. The van der Waals surface area contributed by atoms with Crippen LogP contribution in [0.2, 0.25) is 0 Å². The van der Waals surface area contributed by atoms with Crippen molar-refractivity contribution in [3.63, 3.8) is 0 Å². The molecule has 5 heteroatoms. The van der Waals surface area contributed by atoms with Crippen molar-refractivity contribution >= 4 is 16.9 Å². The van der Waals surface area contributed by atoms with Gasteiger partial charge >= 0.3 is 0 Å². The molecule has 0 aliphatic rings. The van der Waals surface area contributed by atoms with Gasteiger partial charge in [-0.25, -0.2) is 4.52 Å². The van der Waals surface area contributed by atoms with Crippen molar-refractivity contribution in [3.05, 3.63) is 52.7 Å². The second-order valence-electron chi connectivity index (χ2n) is 4.85. The third-order valence-electron chi connectivity index (χ3n) is 3.39. The van der Waals surface area contributed by atoms with Crippen molar-refractivity contribution in [3.8, 4) is 0 Å². The highest BCUT2D eigenvalue weighted by Crippen LogP contribution is 2.23. The molecule has 0 aromatic carbocycles. The van der Waals surface area contributed by atoms with Crippen molar-refractivity contribution in [2.24, 2.45) is 0 Å². The minimum absolute atomic E-state index is 0.284. The summed E-state index contributed by atoms with van der Waals surface area (Å²) in [4.78, 5) is 4.22. The molecule has 4 nitrogen and oxygen atoms in total. The summed E-state index contributed by atoms with van der Waals surface area (Å²) in [5, 5.41) is 12.4. The second-order valence-corrected chi connectivity index (χ2v) is 5.63. The van der Waals surface area contributed by atoms with Gasteiger partial charge in [0.1, 0.15) is 0 Å². The van der Waals surface area contributed by atoms with E-state index in [4.69, 9.17) is 0 Å². The molecule has 0 radical (unpaired) electrons. The molecule has 0 fully saturated rings. The van der Waals surface area contributed by atoms with Crippen LogP contribution in [0.3, 0.4) is 0 Å². The Morgan fingerprint density at radius 3 is 3.15 bits per heavy atom. The summed E-state index contributed by atoms with van der Waals surface area (Å²) in [6, 6.07) is 2.47. The fourth-order valence-corrected chi connectivity index (χ4v) is 3.06. The van der Waals surface area contributed by atoms with Crippen LogP contribution >= 0.6 is 11.3 Å². The lowest BCUT2D eigenvalue weighted by Gasteiger charge is -2.17. The summed E-state index contributed by atoms with van der Waals surface area (Å²) in [6.07, 6.45) is 9.60. The third kappa shape index (κ3) is 2.73. The van der Waals surface area contributed by atoms with E-state index in [1.165, 1.54) is 11.1 Å². The smallest absolute Gasteiger partial charge is 0.0892 e. The van der Waals surface area contributed by atoms with Crippen LogP contribution in [-0.2, 0) is 6.42 Å². The lowest BCUT2D eigenvalue weighted by Crippen LogP contribution is -2.23. The molecule has 0 saturated heterocycles. The average molecular weight is 286 g/mol. The van der Waals surface area contributed by atoms with Crippen LogP contribution in [0.1, 0.15) is 30.5 Å². The zero-order valence-corrected chi connectivity index (χ0v) is 12.3. The lowest BCUT2D eigenvalue weighted by molar-refractivity contribution is 0.532. The van der Waals surface area contributed by atoms with E-state index in [1.807, 2.05) is 23.1 Å². The predicted octanol–water partition coefficient (Wildman–Crippen LogP) is 3.07. The summed E-state index contributed by atoms with van der Waals surface area (Å²) in [5.41, 5.74) is 3.67. The van der Waals surface area contributed by atoms with E-state index >= 15 is 0 Å². The number of hydrogen-bond donors (Lipinski definition) is 1. The van der Waals surface area contributed by atoms with Gasteiger partial charge in [0, 0.05) is 24.0 Å². The molecule has 3 aromatic heterocycles. The number of nitrogens with one attached hydrogen (secondary N) is 1. The Morgan fingerprint density at radius 1 is 1.40 bits per heavy atom. The molecule has 1 atom stereocenters. The molecule has 0 aliphatic carbocycles. The van der Waals surface area contributed by atoms with Crippen molar-refractivity contribution < 1.29 is 0 Å². The van der Waals surface area contributed by atoms with E-state index in [-0.39, 0.29) is 6.04 Å². The molecule has 0 spiro atoms. The molecule has 1 unspecified atom stereocenters. The zero-order chi connectivity index (χ0) is 13.8. The van der Waals surface area contributed by atoms with Gasteiger partial charge in [-0.05, 0) is 41.8 Å². The average Bonchev–Trinajstić information content (AvgIpc) is 3.12. The minimum atomic E-state index is 0.284. The molecule has 3 aromatic rings. The van der Waals surface area contributed by atoms with Crippen molar-refractivity contribution in [2.45, 2.75) is 25.8 Å². The molecule has 1 N–H and O–H groups in total. The van der Waals surface area contributed by atoms with Crippen LogP contribution in [0.15, 0.2) is 41.6 Å². The lowest BCUT2D eigenvalue weighted by atomic mass is 10.0. The molecular weight excluding hydrogens is 268 g/mol. The van der Waals surface area contributed by atoms with Gasteiger partial charge < -0.3 is 5.32 Å². The van der Waals surface area contributed by atoms with E-state index in [0.717, 1.165) is 24.9 Å². The van der Waals surface area contributed by atoms with Gasteiger partial charge in [0.05, 0.1) is 17.9 Å². The standard InChI is InChI=1S/C15H18N4S/c1-2-4-17-14(8-12-3-7-20-11-12)13-9-18-19-6-5-16-10-15(13)19/h3,5-7,9-11,14,17H,2,4,8H2,1H3. The maximum absolute atomic E-state index is 4.42. The Hall–Kier alpha value is -1.72. The van der Waals surface area contributed by atoms with E-state index in [1.54, 1.807) is 17.5 Å². The first-order chi connectivity index (χ1) is 9.88. The van der Waals surface area contributed by atoms with E-state index in [9.17, 15) is 0 Å². The number of fused-ring (bicyclic) bond motifs is 1. The Morgan fingerprint density at radius 2 is 2.35 bits per heavy atom. The fraction of sp³-hybridized carbons (Fsp3) is 0.333. The van der Waals surface area contributed by atoms with Crippen LogP contribution in [-0.4, -0.2) is 21.1 Å². The summed E-state index contributed by atoms with van der Waals surface area (Å²) in [7, 11) is 0. The first-order valence-electron chi connectivity index (χ1n) is 6.90. The van der Waals surface area contributed by atoms with Gasteiger partial charge in [0.15, 0.2) is 0 Å². The Labute approximate surface area is 122 Å². The van der Waals surface area contributed by atoms with Crippen LogP contribution in [0.4, 0.5) is 0 Å². The maximum Gasteiger partial charge on any atom is 0.0892 e. The number of thiophene rings is 1. The quantitative estimate of drug-likeness (QED) is 0.757. The van der Waals surface area contributed by atoms with Crippen LogP contribution in [0.5, 0.6) is 0 Å². The molecule has 0 saturated carbocycles. The molecule has 0 amide bonds. The molecule has 20 heavy (non-hydrogen) atoms. The van der Waals surface area contributed by atoms with Crippen LogP contribution in [0, 0.1) is 0 Å². The Balaban J connectivity index is 1.91. The number of rotatable bonds is 6. The van der Waals surface area contributed by atoms with Gasteiger partial charge in [-0.2, -0.15) is 16.4 Å². The van der Waals surface area contributed by atoms with Gasteiger partial charge in [-0.15, -0.1) is 0 Å². The van der Waals surface area contributed by atoms with Gasteiger partial charge in [-0.1, -0.05) is 6.92 Å². The molecule has 3 rings (SSSR count). The number of nitrogens with zero attached hydrogens (tertiary/aromatic N) is 3. The minimum Gasteiger partial charge on any atom is -0.310 e. The summed E-state index contributed by atoms with van der Waals surface area (Å²) in [6.45, 7) is 3.19. The first kappa shape index (κ1) is 13.3. The van der Waals surface area contributed by atoms with Crippen molar-refractivity contribution in [1.82, 2.24) is 19.9 Å². The normalized spacial score (nSPS) is 12.8. The van der Waals surface area contributed by atoms with Crippen molar-refractivity contribution in [1.29, 1.82) is 0 Å². The molecular formula is C15H18N4S. The monoisotopic (exact) mass is 286 g/mol. The largest absolute Gasteiger partial charge is 0.310 e. The second kappa shape index (κ2) is 6.15. The summed E-state index contributed by atoms with van der Waals surface area (Å²) < 4.78 is 1.89. The van der Waals surface area contributed by atoms with Gasteiger partial charge in [-0.3, -0.25) is 4.98 Å². The Kier molecular flexibility index (Phi) is 4.08. The van der Waals surface area contributed by atoms with E-state index in [0.29, 0.717) is 0 Å². The Bertz CT molecular complexity index is 659. The number of aromatic nitrogens is 3. The molecule has 104 valence electrons. The molecule has 0 aliphatic heterocycles. The fourth-order valence-electron chi connectivity index (χ4n) is 2.38. The molecule has 0 bridgehead atoms. The SMILES string of the molecule is CCCNC(Cc1ccsc1)c1cnn2ccncc12. The van der Waals surface area contributed by atoms with Crippen LogP contribution in [0.25, 0.3) is 5.52 Å². The summed E-state index contributed by atoms with van der Waals surface area (Å²) in [5.74, 6) is 0. The summed E-state index contributed by atoms with van der Waals surface area (Å²) >= 11 is 1.75. The van der Waals surface area contributed by atoms with Crippen LogP contribution < -0.4 is 5.32 Å². The third-order valence-corrected chi connectivity index (χ3v) is 4.12. The highest BCUT2D eigenvalue weighted by molar-refractivity contribution is 7.07. The molecule has 3 heterocycles. The van der Waals surface area contributed by atoms with Gasteiger partial charge in [0.25, 0.3) is 0 Å². The highest BCUT2D eigenvalue weighted by Gasteiger charge is 2.16. The first-order valence-corrected chi connectivity index (χ1v) is 7.84. The van der Waals surface area contributed by atoms with Crippen molar-refractivity contribution in [2.75, 3.05) is 6.54 Å². The van der Waals surface area contributed by atoms with E-state index in [2.05, 4.69) is 39.1 Å². The zero-order valence-electron chi connectivity index (χ0n) is 11.5. The highest BCUT2D eigenvalue weighted by atomic mass is 32.1. The number of hydrogen-bond acceptors (Lipinski definition) is 4. The van der Waals surface area contributed by atoms with Gasteiger partial charge in [0.2, 0.25) is 0 Å². The van der Waals surface area contributed by atoms with E-state index < -0.39 is 0 Å².